The number of carbonyl (C=O) groups is 1. The normalized spacial score (nSPS) is 16.3. The van der Waals surface area contributed by atoms with Gasteiger partial charge in [-0.15, -0.1) is 0 Å². The van der Waals surface area contributed by atoms with Crippen molar-refractivity contribution < 1.29 is 4.79 Å². The van der Waals surface area contributed by atoms with Crippen molar-refractivity contribution in [2.24, 2.45) is 0 Å². The first kappa shape index (κ1) is 7.03. The Morgan fingerprint density at radius 3 is 3.08 bits per heavy atom. The maximum Gasteiger partial charge on any atom is 0.168 e. The van der Waals surface area contributed by atoms with Gasteiger partial charge in [0.25, 0.3) is 0 Å². The Labute approximate surface area is 69.8 Å². The van der Waals surface area contributed by atoms with E-state index in [1.54, 1.807) is 18.3 Å². The first-order valence-corrected chi connectivity index (χ1v) is 3.78. The highest BCUT2D eigenvalue weighted by Crippen LogP contribution is 2.17. The summed E-state index contributed by atoms with van der Waals surface area (Å²) in [5.74, 6) is 0.141. The summed E-state index contributed by atoms with van der Waals surface area (Å²) in [6.07, 6.45) is 7.67. The topological polar surface area (TPSA) is 45.8 Å². The molecule has 0 amide bonds. The number of aromatic nitrogens is 2. The van der Waals surface area contributed by atoms with E-state index in [0.717, 1.165) is 11.3 Å². The van der Waals surface area contributed by atoms with E-state index in [-0.39, 0.29) is 5.78 Å². The molecule has 0 aliphatic heterocycles. The number of carbonyl (C=O) groups excluding carboxylic acids is 1. The minimum absolute atomic E-state index is 0.141. The number of nitrogens with one attached hydrogen (secondary N) is 1. The lowest BCUT2D eigenvalue weighted by Gasteiger charge is -2.04. The van der Waals surface area contributed by atoms with Gasteiger partial charge in [-0.1, -0.05) is 12.2 Å². The van der Waals surface area contributed by atoms with Gasteiger partial charge < -0.3 is 0 Å². The van der Waals surface area contributed by atoms with Gasteiger partial charge in [0.15, 0.2) is 5.78 Å². The first-order valence-electron chi connectivity index (χ1n) is 3.78. The second-order valence-corrected chi connectivity index (χ2v) is 2.61. The number of rotatable bonds is 1. The molecule has 0 unspecified atom stereocenters. The second kappa shape index (κ2) is 2.77. The Kier molecular flexibility index (Phi) is 1.63. The Morgan fingerprint density at radius 1 is 1.50 bits per heavy atom. The lowest BCUT2D eigenvalue weighted by molar-refractivity contribution is -0.113. The molecule has 1 aliphatic carbocycles. The van der Waals surface area contributed by atoms with Gasteiger partial charge in [-0.2, -0.15) is 5.10 Å². The first-order chi connectivity index (χ1) is 5.88. The molecule has 1 aromatic rings. The number of aromatic amines is 1. The fourth-order valence-corrected chi connectivity index (χ4v) is 1.19. The van der Waals surface area contributed by atoms with Crippen LogP contribution in [0.25, 0.3) is 5.57 Å². The van der Waals surface area contributed by atoms with E-state index in [0.29, 0.717) is 6.42 Å². The molecule has 1 heterocycles. The van der Waals surface area contributed by atoms with Crippen molar-refractivity contribution >= 4 is 11.4 Å². The van der Waals surface area contributed by atoms with Gasteiger partial charge in [-0.25, -0.2) is 0 Å². The lowest BCUT2D eigenvalue weighted by atomic mass is 10.0. The third-order valence-electron chi connectivity index (χ3n) is 1.79. The number of Topliss-reactive ketones (excluding diaryl/α,β-unsaturated/α-hetero) is 1. The van der Waals surface area contributed by atoms with Crippen molar-refractivity contribution in [2.45, 2.75) is 6.42 Å². The number of H-pyrrole nitrogens is 1. The molecule has 1 aliphatic rings. The Balaban J connectivity index is 2.40. The zero-order valence-electron chi connectivity index (χ0n) is 6.45. The smallest absolute Gasteiger partial charge is 0.168 e. The van der Waals surface area contributed by atoms with Gasteiger partial charge in [-0.05, 0) is 12.1 Å². The summed E-state index contributed by atoms with van der Waals surface area (Å²) in [6.45, 7) is 0. The zero-order valence-corrected chi connectivity index (χ0v) is 6.45. The number of hydrogen-bond acceptors (Lipinski definition) is 2. The van der Waals surface area contributed by atoms with Gasteiger partial charge in [0.2, 0.25) is 0 Å². The van der Waals surface area contributed by atoms with Crippen LogP contribution in [0.1, 0.15) is 12.1 Å². The molecule has 0 bridgehead atoms. The SMILES string of the molecule is O=C1CC=CC=C1c1ccn[nH]1. The summed E-state index contributed by atoms with van der Waals surface area (Å²) in [5, 5.41) is 6.55. The van der Waals surface area contributed by atoms with E-state index >= 15 is 0 Å². The summed E-state index contributed by atoms with van der Waals surface area (Å²) in [7, 11) is 0. The Hall–Kier alpha value is -1.64. The Bertz CT molecular complexity index is 347. The van der Waals surface area contributed by atoms with Crippen LogP contribution in [0, 0.1) is 0 Å². The minimum Gasteiger partial charge on any atom is -0.294 e. The molecule has 0 radical (unpaired) electrons. The predicted octanol–water partition coefficient (Wildman–Crippen LogP) is 1.32. The van der Waals surface area contributed by atoms with Crippen molar-refractivity contribution in [1.29, 1.82) is 0 Å². The van der Waals surface area contributed by atoms with E-state index in [4.69, 9.17) is 0 Å². The maximum absolute atomic E-state index is 11.3. The summed E-state index contributed by atoms with van der Waals surface area (Å²) < 4.78 is 0. The van der Waals surface area contributed by atoms with Crippen molar-refractivity contribution in [2.75, 3.05) is 0 Å². The van der Waals surface area contributed by atoms with Crippen LogP contribution in [0.2, 0.25) is 0 Å². The summed E-state index contributed by atoms with van der Waals surface area (Å²) in [4.78, 5) is 11.3. The van der Waals surface area contributed by atoms with Gasteiger partial charge in [0.1, 0.15) is 0 Å². The van der Waals surface area contributed by atoms with E-state index in [9.17, 15) is 4.79 Å². The summed E-state index contributed by atoms with van der Waals surface area (Å²) in [6, 6.07) is 1.79. The van der Waals surface area contributed by atoms with Crippen LogP contribution >= 0.6 is 0 Å². The molecule has 0 saturated heterocycles. The van der Waals surface area contributed by atoms with Gasteiger partial charge in [0, 0.05) is 18.2 Å². The molecular weight excluding hydrogens is 152 g/mol. The molecule has 2 rings (SSSR count). The molecule has 0 spiro atoms. The third-order valence-corrected chi connectivity index (χ3v) is 1.79. The third kappa shape index (κ3) is 1.09. The highest BCUT2D eigenvalue weighted by Gasteiger charge is 2.12. The van der Waals surface area contributed by atoms with Crippen LogP contribution in [0.15, 0.2) is 30.5 Å². The monoisotopic (exact) mass is 160 g/mol. The van der Waals surface area contributed by atoms with Gasteiger partial charge >= 0.3 is 0 Å². The van der Waals surface area contributed by atoms with Gasteiger partial charge in [-0.3, -0.25) is 9.89 Å². The van der Waals surface area contributed by atoms with E-state index in [1.807, 2.05) is 12.2 Å². The quantitative estimate of drug-likeness (QED) is 0.673. The fraction of sp³-hybridized carbons (Fsp3) is 0.111. The van der Waals surface area contributed by atoms with Crippen LogP contribution in [0.4, 0.5) is 0 Å². The van der Waals surface area contributed by atoms with E-state index in [1.165, 1.54) is 0 Å². The number of ketones is 1. The summed E-state index contributed by atoms with van der Waals surface area (Å²) in [5.41, 5.74) is 1.51. The highest BCUT2D eigenvalue weighted by atomic mass is 16.1. The van der Waals surface area contributed by atoms with Crippen LogP contribution in [-0.4, -0.2) is 16.0 Å². The molecule has 0 saturated carbocycles. The number of nitrogens with zero attached hydrogens (tertiary/aromatic N) is 1. The largest absolute Gasteiger partial charge is 0.294 e. The van der Waals surface area contributed by atoms with Crippen molar-refractivity contribution in [3.05, 3.63) is 36.2 Å². The lowest BCUT2D eigenvalue weighted by Crippen LogP contribution is -2.03. The van der Waals surface area contributed by atoms with E-state index in [2.05, 4.69) is 10.2 Å². The maximum atomic E-state index is 11.3. The predicted molar refractivity (Wildman–Crippen MR) is 45.3 cm³/mol. The molecule has 60 valence electrons. The van der Waals surface area contributed by atoms with E-state index < -0.39 is 0 Å². The standard InChI is InChI=1S/C9H8N2O/c12-9-4-2-1-3-7(9)8-5-6-10-11-8/h1-3,5-6H,4H2,(H,10,11). The number of hydrogen-bond donors (Lipinski definition) is 1. The van der Waals surface area contributed by atoms with Gasteiger partial charge in [0.05, 0.1) is 5.69 Å². The van der Waals surface area contributed by atoms with Crippen LogP contribution in [-0.2, 0) is 4.79 Å². The van der Waals surface area contributed by atoms with Crippen molar-refractivity contribution in [3.63, 3.8) is 0 Å². The van der Waals surface area contributed by atoms with Crippen LogP contribution in [0.5, 0.6) is 0 Å². The molecule has 1 N–H and O–H groups in total. The fourth-order valence-electron chi connectivity index (χ4n) is 1.19. The molecule has 0 aromatic carbocycles. The van der Waals surface area contributed by atoms with Crippen LogP contribution in [0.3, 0.4) is 0 Å². The average molecular weight is 160 g/mol. The molecule has 0 atom stereocenters. The van der Waals surface area contributed by atoms with Crippen molar-refractivity contribution in [3.8, 4) is 0 Å². The number of allylic oxidation sites excluding steroid dienone is 4. The second-order valence-electron chi connectivity index (χ2n) is 2.61. The average Bonchev–Trinajstić information content (AvgIpc) is 2.57. The molecule has 3 heteroatoms. The Morgan fingerprint density at radius 2 is 2.42 bits per heavy atom. The summed E-state index contributed by atoms with van der Waals surface area (Å²) >= 11 is 0. The van der Waals surface area contributed by atoms with Crippen molar-refractivity contribution in [1.82, 2.24) is 10.2 Å². The molecule has 0 fully saturated rings. The molecule has 1 aromatic heterocycles. The minimum atomic E-state index is 0.141. The zero-order chi connectivity index (χ0) is 8.39. The molecular formula is C9H8N2O. The molecule has 12 heavy (non-hydrogen) atoms. The molecule has 3 nitrogen and oxygen atoms in total. The van der Waals surface area contributed by atoms with Crippen LogP contribution < -0.4 is 0 Å². The highest BCUT2D eigenvalue weighted by molar-refractivity contribution is 6.21.